The van der Waals surface area contributed by atoms with E-state index in [4.69, 9.17) is 25.8 Å². The van der Waals surface area contributed by atoms with Crippen molar-refractivity contribution in [1.29, 1.82) is 0 Å². The van der Waals surface area contributed by atoms with Crippen molar-refractivity contribution in [1.82, 2.24) is 10.2 Å². The molecule has 50 heavy (non-hydrogen) atoms. The Bertz CT molecular complexity index is 1720. The van der Waals surface area contributed by atoms with Gasteiger partial charge in [0.2, 0.25) is 0 Å². The summed E-state index contributed by atoms with van der Waals surface area (Å²) in [7, 11) is 0. The summed E-state index contributed by atoms with van der Waals surface area (Å²) in [6, 6.07) is 18.8. The molecule has 0 spiro atoms. The number of halogens is 3. The van der Waals surface area contributed by atoms with Crippen LogP contribution >= 0.6 is 11.6 Å². The van der Waals surface area contributed by atoms with Crippen molar-refractivity contribution in [2.24, 2.45) is 0 Å². The zero-order valence-corrected chi connectivity index (χ0v) is 29.8. The first-order chi connectivity index (χ1) is 24.1. The van der Waals surface area contributed by atoms with Gasteiger partial charge in [-0.2, -0.15) is 0 Å². The lowest BCUT2D eigenvalue weighted by Gasteiger charge is -2.27. The number of rotatable bonds is 17. The van der Waals surface area contributed by atoms with Gasteiger partial charge >= 0.3 is 0 Å². The summed E-state index contributed by atoms with van der Waals surface area (Å²) >= 11 is 6.72. The standard InChI is InChI=1S/C40H47ClF2N2O5/c1-27-30(9-6-10-34(27)35-11-7-12-37(28(35)2)48-16-8-15-45-13-4-5-14-45)24-50-39-21-38(49-23-29-17-32(42)20-33(43)18-29)31(19-36(39)41)22-44-40(3,25-46)26-47/h6-7,9-12,17-21,44,46-47H,4-5,8,13-16,22-26H2,1-3H3. The molecule has 0 radical (unpaired) electrons. The van der Waals surface area contributed by atoms with Crippen molar-refractivity contribution in [2.45, 2.75) is 65.3 Å². The lowest BCUT2D eigenvalue weighted by atomic mass is 9.93. The van der Waals surface area contributed by atoms with Crippen LogP contribution in [0.15, 0.2) is 66.7 Å². The topological polar surface area (TPSA) is 83.4 Å². The molecule has 5 rings (SSSR count). The van der Waals surface area contributed by atoms with Crippen molar-refractivity contribution < 1.29 is 33.2 Å². The Labute approximate surface area is 298 Å². The number of aliphatic hydroxyl groups is 2. The third-order valence-electron chi connectivity index (χ3n) is 9.31. The average molecular weight is 709 g/mol. The molecule has 1 saturated heterocycles. The zero-order valence-electron chi connectivity index (χ0n) is 29.0. The van der Waals surface area contributed by atoms with Gasteiger partial charge in [-0.05, 0) is 111 Å². The summed E-state index contributed by atoms with van der Waals surface area (Å²) in [6.45, 7) is 9.66. The number of nitrogens with one attached hydrogen (secondary N) is 1. The van der Waals surface area contributed by atoms with E-state index in [0.717, 1.165) is 52.6 Å². The second-order valence-electron chi connectivity index (χ2n) is 13.2. The van der Waals surface area contributed by atoms with Crippen LogP contribution in [0.5, 0.6) is 17.2 Å². The lowest BCUT2D eigenvalue weighted by molar-refractivity contribution is 0.103. The fourth-order valence-corrected chi connectivity index (χ4v) is 6.35. The summed E-state index contributed by atoms with van der Waals surface area (Å²) in [5.74, 6) is 0.226. The molecule has 1 aliphatic heterocycles. The quantitative estimate of drug-likeness (QED) is 0.0968. The van der Waals surface area contributed by atoms with E-state index >= 15 is 0 Å². The van der Waals surface area contributed by atoms with Gasteiger partial charge in [0, 0.05) is 30.8 Å². The predicted octanol–water partition coefficient (Wildman–Crippen LogP) is 7.76. The number of aliphatic hydroxyl groups excluding tert-OH is 2. The Morgan fingerprint density at radius 2 is 1.44 bits per heavy atom. The number of nitrogens with zero attached hydrogens (tertiary/aromatic N) is 1. The first-order valence-electron chi connectivity index (χ1n) is 17.1. The summed E-state index contributed by atoms with van der Waals surface area (Å²) < 4.78 is 46.3. The minimum atomic E-state index is -0.954. The molecule has 268 valence electrons. The molecule has 0 aliphatic carbocycles. The third-order valence-corrected chi connectivity index (χ3v) is 9.61. The van der Waals surface area contributed by atoms with Gasteiger partial charge in [-0.3, -0.25) is 0 Å². The molecule has 0 atom stereocenters. The van der Waals surface area contributed by atoms with Crippen LogP contribution in [-0.2, 0) is 19.8 Å². The van der Waals surface area contributed by atoms with Gasteiger partial charge in [-0.25, -0.2) is 8.78 Å². The molecule has 3 N–H and O–H groups in total. The minimum Gasteiger partial charge on any atom is -0.493 e. The lowest BCUT2D eigenvalue weighted by Crippen LogP contribution is -2.48. The second-order valence-corrected chi connectivity index (χ2v) is 13.7. The van der Waals surface area contributed by atoms with Crippen LogP contribution in [0.3, 0.4) is 0 Å². The number of hydrogen-bond donors (Lipinski definition) is 3. The number of ether oxygens (including phenoxy) is 3. The molecule has 0 aromatic heterocycles. The van der Waals surface area contributed by atoms with E-state index in [1.54, 1.807) is 19.1 Å². The van der Waals surface area contributed by atoms with E-state index in [1.807, 2.05) is 24.3 Å². The summed E-state index contributed by atoms with van der Waals surface area (Å²) in [6.07, 6.45) is 3.57. The molecule has 0 saturated carbocycles. The van der Waals surface area contributed by atoms with Crippen molar-refractivity contribution in [2.75, 3.05) is 39.5 Å². The fourth-order valence-electron chi connectivity index (χ4n) is 6.11. The van der Waals surface area contributed by atoms with Gasteiger partial charge in [0.25, 0.3) is 0 Å². The van der Waals surface area contributed by atoms with Crippen LogP contribution in [0.1, 0.15) is 54.0 Å². The molecule has 1 fully saturated rings. The van der Waals surface area contributed by atoms with Crippen LogP contribution in [0.2, 0.25) is 5.02 Å². The van der Waals surface area contributed by atoms with Crippen molar-refractivity contribution in [3.05, 3.63) is 111 Å². The van der Waals surface area contributed by atoms with E-state index in [-0.39, 0.29) is 33.0 Å². The maximum Gasteiger partial charge on any atom is 0.142 e. The van der Waals surface area contributed by atoms with Crippen molar-refractivity contribution in [3.8, 4) is 28.4 Å². The monoisotopic (exact) mass is 708 g/mol. The normalized spacial score (nSPS) is 13.5. The molecular formula is C40H47ClF2N2O5. The number of likely N-dealkylation sites (tertiary alicyclic amines) is 1. The van der Waals surface area contributed by atoms with Crippen molar-refractivity contribution in [3.63, 3.8) is 0 Å². The Kier molecular flexibility index (Phi) is 13.1. The van der Waals surface area contributed by atoms with E-state index in [1.165, 1.54) is 38.1 Å². The third kappa shape index (κ3) is 9.74. The number of hydrogen-bond acceptors (Lipinski definition) is 7. The molecule has 1 aliphatic rings. The van der Waals surface area contributed by atoms with Gasteiger partial charge in [0.15, 0.2) is 0 Å². The number of benzene rings is 4. The summed E-state index contributed by atoms with van der Waals surface area (Å²) in [4.78, 5) is 2.50. The van der Waals surface area contributed by atoms with Crippen LogP contribution < -0.4 is 19.5 Å². The molecule has 0 unspecified atom stereocenters. The maximum absolute atomic E-state index is 13.9. The first kappa shape index (κ1) is 37.5. The highest BCUT2D eigenvalue weighted by Crippen LogP contribution is 2.36. The molecule has 10 heteroatoms. The molecule has 4 aromatic rings. The largest absolute Gasteiger partial charge is 0.493 e. The Morgan fingerprint density at radius 3 is 2.14 bits per heavy atom. The van der Waals surface area contributed by atoms with Gasteiger partial charge in [-0.1, -0.05) is 41.9 Å². The Morgan fingerprint density at radius 1 is 0.780 bits per heavy atom. The Balaban J connectivity index is 1.32. The van der Waals surface area contributed by atoms with Gasteiger partial charge in [-0.15, -0.1) is 0 Å². The molecule has 7 nitrogen and oxygen atoms in total. The van der Waals surface area contributed by atoms with E-state index in [2.05, 4.69) is 36.2 Å². The minimum absolute atomic E-state index is 0.109. The van der Waals surface area contributed by atoms with Crippen LogP contribution in [0.25, 0.3) is 11.1 Å². The maximum atomic E-state index is 13.9. The average Bonchev–Trinajstić information content (AvgIpc) is 3.63. The summed E-state index contributed by atoms with van der Waals surface area (Å²) in [5, 5.41) is 23.0. The van der Waals surface area contributed by atoms with Gasteiger partial charge in [0.05, 0.1) is 30.4 Å². The van der Waals surface area contributed by atoms with Gasteiger partial charge < -0.3 is 34.6 Å². The van der Waals surface area contributed by atoms with Crippen LogP contribution in [-0.4, -0.2) is 60.1 Å². The fraction of sp³-hybridized carbons (Fsp3) is 0.400. The smallest absolute Gasteiger partial charge is 0.142 e. The SMILES string of the molecule is Cc1c(COc2cc(OCc3cc(F)cc(F)c3)c(CNC(C)(CO)CO)cc2Cl)cccc1-c1cccc(OCCCN2CCCC2)c1C. The zero-order chi connectivity index (χ0) is 35.7. The summed E-state index contributed by atoms with van der Waals surface area (Å²) in [5.41, 5.74) is 5.27. The molecule has 0 bridgehead atoms. The van der Waals surface area contributed by atoms with Crippen molar-refractivity contribution >= 4 is 11.6 Å². The predicted molar refractivity (Wildman–Crippen MR) is 193 cm³/mol. The van der Waals surface area contributed by atoms with E-state index in [9.17, 15) is 19.0 Å². The molecule has 0 amide bonds. The Hall–Kier alpha value is -3.73. The highest BCUT2D eigenvalue weighted by atomic mass is 35.5. The van der Waals surface area contributed by atoms with Gasteiger partial charge in [0.1, 0.15) is 42.1 Å². The second kappa shape index (κ2) is 17.5. The van der Waals surface area contributed by atoms with Crippen LogP contribution in [0, 0.1) is 25.5 Å². The molecule has 4 aromatic carbocycles. The van der Waals surface area contributed by atoms with Crippen LogP contribution in [0.4, 0.5) is 8.78 Å². The highest BCUT2D eigenvalue weighted by molar-refractivity contribution is 6.32. The molecular weight excluding hydrogens is 662 g/mol. The molecule has 1 heterocycles. The highest BCUT2D eigenvalue weighted by Gasteiger charge is 2.23. The van der Waals surface area contributed by atoms with E-state index in [0.29, 0.717) is 34.3 Å². The first-order valence-corrected chi connectivity index (χ1v) is 17.5. The van der Waals surface area contributed by atoms with E-state index < -0.39 is 17.2 Å².